The van der Waals surface area contributed by atoms with E-state index in [0.717, 1.165) is 6.07 Å². The maximum absolute atomic E-state index is 13.3. The van der Waals surface area contributed by atoms with Crippen molar-refractivity contribution >= 4 is 28.3 Å². The molecule has 0 saturated carbocycles. The zero-order valence-corrected chi connectivity index (χ0v) is 17.5. The lowest BCUT2D eigenvalue weighted by molar-refractivity contribution is 0.0596. The second-order valence-electron chi connectivity index (χ2n) is 7.17. The van der Waals surface area contributed by atoms with Crippen LogP contribution in [0.2, 0.25) is 0 Å². The van der Waals surface area contributed by atoms with Gasteiger partial charge in [0.1, 0.15) is 22.8 Å². The Kier molecular flexibility index (Phi) is 4.69. The van der Waals surface area contributed by atoms with Crippen LogP contribution in [0.15, 0.2) is 18.2 Å². The number of esters is 1. The number of rotatable bonds is 3. The van der Waals surface area contributed by atoms with Gasteiger partial charge in [-0.15, -0.1) is 0 Å². The van der Waals surface area contributed by atoms with Gasteiger partial charge < -0.3 is 29.5 Å². The minimum absolute atomic E-state index is 0.0537. The second-order valence-corrected chi connectivity index (χ2v) is 7.17. The molecule has 0 aromatic heterocycles. The van der Waals surface area contributed by atoms with E-state index in [9.17, 15) is 29.7 Å². The van der Waals surface area contributed by atoms with E-state index in [1.54, 1.807) is 6.92 Å². The summed E-state index contributed by atoms with van der Waals surface area (Å²) in [4.78, 5) is 38.8. The second kappa shape index (κ2) is 7.16. The normalized spacial score (nSPS) is 12.4. The van der Waals surface area contributed by atoms with Crippen LogP contribution in [0.1, 0.15) is 47.8 Å². The molecule has 3 N–H and O–H groups in total. The highest BCUT2D eigenvalue weighted by Gasteiger charge is 2.39. The molecule has 164 valence electrons. The third-order valence-electron chi connectivity index (χ3n) is 5.61. The van der Waals surface area contributed by atoms with Crippen LogP contribution < -0.4 is 9.47 Å². The van der Waals surface area contributed by atoms with E-state index in [-0.39, 0.29) is 39.1 Å². The Balaban J connectivity index is 2.12. The zero-order chi connectivity index (χ0) is 23.5. The molecule has 0 aliphatic heterocycles. The minimum atomic E-state index is -0.862. The van der Waals surface area contributed by atoms with E-state index >= 15 is 0 Å². The number of carbonyl (C=O) groups is 3. The maximum atomic E-state index is 13.3. The fourth-order valence-electron chi connectivity index (χ4n) is 4.15. The van der Waals surface area contributed by atoms with Gasteiger partial charge in [-0.1, -0.05) is 0 Å². The first-order valence-electron chi connectivity index (χ1n) is 9.35. The van der Waals surface area contributed by atoms with Crippen LogP contribution in [-0.2, 0) is 4.74 Å². The van der Waals surface area contributed by atoms with Crippen molar-refractivity contribution < 1.29 is 43.9 Å². The molecule has 0 radical (unpaired) electrons. The molecule has 3 aromatic carbocycles. The van der Waals surface area contributed by atoms with E-state index in [1.807, 2.05) is 0 Å². The molecule has 32 heavy (non-hydrogen) atoms. The summed E-state index contributed by atoms with van der Waals surface area (Å²) >= 11 is 0. The van der Waals surface area contributed by atoms with Gasteiger partial charge in [-0.3, -0.25) is 9.59 Å². The summed E-state index contributed by atoms with van der Waals surface area (Å²) in [6.07, 6.45) is 0. The van der Waals surface area contributed by atoms with Crippen LogP contribution in [0.4, 0.5) is 0 Å². The Bertz CT molecular complexity index is 1370. The number of phenolic OH excluding ortho intramolecular Hbond substituents is 3. The molecule has 0 fully saturated rings. The lowest BCUT2D eigenvalue weighted by atomic mass is 9.80. The Morgan fingerprint density at radius 1 is 0.812 bits per heavy atom. The molecule has 0 saturated heterocycles. The number of hydrogen-bond acceptors (Lipinski definition) is 9. The number of ketones is 2. The molecular weight excluding hydrogens is 420 g/mol. The number of carbonyl (C=O) groups excluding carboxylic acids is 3. The minimum Gasteiger partial charge on any atom is -0.507 e. The van der Waals surface area contributed by atoms with Crippen molar-refractivity contribution in [3.05, 3.63) is 51.6 Å². The van der Waals surface area contributed by atoms with Crippen molar-refractivity contribution in [2.24, 2.45) is 0 Å². The summed E-state index contributed by atoms with van der Waals surface area (Å²) in [5, 5.41) is 32.3. The first-order valence-corrected chi connectivity index (χ1v) is 9.35. The van der Waals surface area contributed by atoms with Crippen LogP contribution in [0.25, 0.3) is 10.8 Å². The van der Waals surface area contributed by atoms with Gasteiger partial charge in [0.05, 0.1) is 38.0 Å². The molecule has 0 unspecified atom stereocenters. The monoisotopic (exact) mass is 438 g/mol. The fraction of sp³-hybridized carbons (Fsp3) is 0.174. The maximum Gasteiger partial charge on any atom is 0.341 e. The fourth-order valence-corrected chi connectivity index (χ4v) is 4.15. The van der Waals surface area contributed by atoms with E-state index < -0.39 is 45.9 Å². The molecule has 0 spiro atoms. The summed E-state index contributed by atoms with van der Waals surface area (Å²) in [5.41, 5.74) is -1.07. The van der Waals surface area contributed by atoms with E-state index in [4.69, 9.17) is 14.2 Å². The highest BCUT2D eigenvalue weighted by molar-refractivity contribution is 6.33. The number of methoxy groups -OCH3 is 3. The van der Waals surface area contributed by atoms with Crippen LogP contribution in [0.3, 0.4) is 0 Å². The smallest absolute Gasteiger partial charge is 0.341 e. The average molecular weight is 438 g/mol. The van der Waals surface area contributed by atoms with Crippen LogP contribution in [0.5, 0.6) is 28.7 Å². The van der Waals surface area contributed by atoms with Gasteiger partial charge in [0.15, 0.2) is 17.3 Å². The van der Waals surface area contributed by atoms with Gasteiger partial charge in [0.2, 0.25) is 5.78 Å². The standard InChI is InChI=1S/C23H18O9/c1-8-14-9(6-12(30-2)15(8)23(29)32-4)5-10-16(21(14)27)22(28)17-11(24)7-13(31-3)20(26)18(17)19(10)25/h5-7,24,26-27H,1-4H3. The number of phenols is 3. The number of ether oxygens (including phenoxy) is 3. The van der Waals surface area contributed by atoms with Crippen LogP contribution in [0, 0.1) is 6.92 Å². The predicted molar refractivity (Wildman–Crippen MR) is 111 cm³/mol. The quantitative estimate of drug-likeness (QED) is 0.325. The Morgan fingerprint density at radius 2 is 1.47 bits per heavy atom. The van der Waals surface area contributed by atoms with Gasteiger partial charge in [0, 0.05) is 17.0 Å². The lowest BCUT2D eigenvalue weighted by Gasteiger charge is -2.23. The summed E-state index contributed by atoms with van der Waals surface area (Å²) in [6.45, 7) is 1.54. The Hall–Kier alpha value is -4.27. The van der Waals surface area contributed by atoms with Gasteiger partial charge in [0.25, 0.3) is 0 Å². The molecule has 3 aromatic rings. The first-order chi connectivity index (χ1) is 15.2. The molecule has 1 aliphatic carbocycles. The summed E-state index contributed by atoms with van der Waals surface area (Å²) in [6, 6.07) is 3.80. The van der Waals surface area contributed by atoms with Crippen molar-refractivity contribution in [2.75, 3.05) is 21.3 Å². The average Bonchev–Trinajstić information content (AvgIpc) is 2.77. The topological polar surface area (TPSA) is 140 Å². The van der Waals surface area contributed by atoms with Crippen LogP contribution in [-0.4, -0.2) is 54.2 Å². The highest BCUT2D eigenvalue weighted by Crippen LogP contribution is 2.47. The molecule has 9 nitrogen and oxygen atoms in total. The van der Waals surface area contributed by atoms with Crippen LogP contribution >= 0.6 is 0 Å². The Labute approximate surface area is 181 Å². The Morgan fingerprint density at radius 3 is 2.06 bits per heavy atom. The van der Waals surface area contributed by atoms with E-state index in [0.29, 0.717) is 5.39 Å². The molecule has 0 amide bonds. The molecular formula is C23H18O9. The largest absolute Gasteiger partial charge is 0.507 e. The molecule has 0 atom stereocenters. The molecule has 4 rings (SSSR count). The zero-order valence-electron chi connectivity index (χ0n) is 17.5. The first kappa shape index (κ1) is 21.0. The lowest BCUT2D eigenvalue weighted by Crippen LogP contribution is -2.22. The molecule has 1 aliphatic rings. The third-order valence-corrected chi connectivity index (χ3v) is 5.61. The molecule has 0 bridgehead atoms. The predicted octanol–water partition coefficient (Wildman–Crippen LogP) is 2.84. The van der Waals surface area contributed by atoms with E-state index in [1.165, 1.54) is 33.5 Å². The number of benzene rings is 3. The SMILES string of the molecule is COC(=O)c1c(OC)cc2cc3c(c(O)c2c1C)C(=O)c1c(O)cc(OC)c(O)c1C3=O. The van der Waals surface area contributed by atoms with Crippen molar-refractivity contribution in [1.82, 2.24) is 0 Å². The summed E-state index contributed by atoms with van der Waals surface area (Å²) in [5.74, 6) is -4.11. The summed E-state index contributed by atoms with van der Waals surface area (Å²) in [7, 11) is 3.78. The van der Waals surface area contributed by atoms with Crippen molar-refractivity contribution in [3.63, 3.8) is 0 Å². The van der Waals surface area contributed by atoms with Gasteiger partial charge in [-0.2, -0.15) is 0 Å². The van der Waals surface area contributed by atoms with Crippen molar-refractivity contribution in [3.8, 4) is 28.7 Å². The van der Waals surface area contributed by atoms with Gasteiger partial charge >= 0.3 is 5.97 Å². The van der Waals surface area contributed by atoms with E-state index in [2.05, 4.69) is 0 Å². The molecule has 0 heterocycles. The molecule has 9 heteroatoms. The van der Waals surface area contributed by atoms with Crippen molar-refractivity contribution in [1.29, 1.82) is 0 Å². The number of aromatic hydroxyl groups is 3. The van der Waals surface area contributed by atoms with Crippen molar-refractivity contribution in [2.45, 2.75) is 6.92 Å². The number of aryl methyl sites for hydroxylation is 1. The van der Waals surface area contributed by atoms with Gasteiger partial charge in [-0.25, -0.2) is 4.79 Å². The summed E-state index contributed by atoms with van der Waals surface area (Å²) < 4.78 is 15.1. The van der Waals surface area contributed by atoms with Gasteiger partial charge in [-0.05, 0) is 30.0 Å². The highest BCUT2D eigenvalue weighted by atomic mass is 16.5. The third kappa shape index (κ3) is 2.60. The number of hydrogen-bond donors (Lipinski definition) is 3. The number of fused-ring (bicyclic) bond motifs is 3.